The maximum Gasteiger partial charge on any atom is 0.161 e. The first-order valence-electron chi connectivity index (χ1n) is 26.2. The van der Waals surface area contributed by atoms with Crippen LogP contribution in [0.25, 0.3) is 21.5 Å². The molecule has 3 aromatic rings. The summed E-state index contributed by atoms with van der Waals surface area (Å²) in [5.41, 5.74) is 0. The number of ether oxygens (including phenoxy) is 12. The van der Waals surface area contributed by atoms with E-state index in [9.17, 15) is 0 Å². The molecule has 12 heteroatoms. The number of hydrogen-bond donors (Lipinski definition) is 0. The number of unbranched alkanes of at least 4 members (excludes halogenated alkanes) is 16. The predicted molar refractivity (Wildman–Crippen MR) is 277 cm³/mol. The molecule has 0 aliphatic rings. The first-order valence-corrected chi connectivity index (χ1v) is 26.2. The summed E-state index contributed by atoms with van der Waals surface area (Å²) in [6.07, 6.45) is 41.1. The van der Waals surface area contributed by atoms with Crippen molar-refractivity contribution in [2.45, 2.75) is 156 Å². The highest BCUT2D eigenvalue weighted by molar-refractivity contribution is 6.00. The smallest absolute Gasteiger partial charge is 0.161 e. The van der Waals surface area contributed by atoms with Crippen molar-refractivity contribution in [1.29, 1.82) is 0 Å². The SMILES string of the molecule is CCOC#COCCCCCCCOc1cc2cc3cc(OCCCCCCCOC#COCC)c(OCCCCCCCOC#COCC)cc3cc2cc1OCCCCCCCOC#COCC. The van der Waals surface area contributed by atoms with Gasteiger partial charge in [-0.15, -0.1) is 0 Å². The van der Waals surface area contributed by atoms with Crippen LogP contribution >= 0.6 is 0 Å². The summed E-state index contributed by atoms with van der Waals surface area (Å²) >= 11 is 0. The lowest BCUT2D eigenvalue weighted by Gasteiger charge is -2.17. The normalized spacial score (nSPS) is 10.2. The van der Waals surface area contributed by atoms with Gasteiger partial charge in [0.2, 0.25) is 0 Å². The van der Waals surface area contributed by atoms with Crippen molar-refractivity contribution in [3.05, 3.63) is 36.4 Å². The van der Waals surface area contributed by atoms with Crippen molar-refractivity contribution in [2.75, 3.05) is 79.3 Å². The highest BCUT2D eigenvalue weighted by atomic mass is 16.5. The molecule has 0 fully saturated rings. The zero-order valence-electron chi connectivity index (χ0n) is 43.0. The van der Waals surface area contributed by atoms with E-state index in [1.807, 2.05) is 27.7 Å². The van der Waals surface area contributed by atoms with Gasteiger partial charge in [0.05, 0.1) is 52.9 Å². The summed E-state index contributed by atoms with van der Waals surface area (Å²) in [4.78, 5) is 0. The number of fused-ring (bicyclic) bond motifs is 2. The van der Waals surface area contributed by atoms with E-state index in [0.717, 1.165) is 173 Å². The number of rotatable bonds is 40. The standard InChI is InChI=1S/C58H82O12/c1-5-59-37-41-63-29-21-13-9-17-25-33-67-55-47-51-45-53-49-57(69-35-27-19-11-15-23-31-65-43-39-61-7-3)58(70-36-28-20-12-16-24-32-66-44-40-62-8-4)50-54(53)46-52(51)48-56(55)68-34-26-18-10-14-22-30-64-42-38-60-6-2/h45-50H,5-36H2,1-4H3. The molecular weight excluding hydrogens is 889 g/mol. The van der Waals surface area contributed by atoms with Crippen LogP contribution in [0.1, 0.15) is 156 Å². The van der Waals surface area contributed by atoms with E-state index in [0.29, 0.717) is 79.3 Å². The van der Waals surface area contributed by atoms with Gasteiger partial charge in [0.1, 0.15) is 26.4 Å². The molecular formula is C58H82O12. The monoisotopic (exact) mass is 971 g/mol. The van der Waals surface area contributed by atoms with Gasteiger partial charge in [-0.05, 0) is 137 Å². The Kier molecular flexibility index (Phi) is 35.0. The van der Waals surface area contributed by atoms with Gasteiger partial charge in [-0.2, -0.15) is 0 Å². The largest absolute Gasteiger partial charge is 0.490 e. The van der Waals surface area contributed by atoms with E-state index in [1.54, 1.807) is 0 Å². The van der Waals surface area contributed by atoms with E-state index < -0.39 is 0 Å². The third-order valence-electron chi connectivity index (χ3n) is 10.8. The summed E-state index contributed by atoms with van der Waals surface area (Å²) in [6, 6.07) is 12.9. The summed E-state index contributed by atoms with van der Waals surface area (Å²) in [5.74, 6) is 3.07. The van der Waals surface area contributed by atoms with E-state index in [4.69, 9.17) is 56.8 Å². The van der Waals surface area contributed by atoms with Crippen molar-refractivity contribution in [3.63, 3.8) is 0 Å². The summed E-state index contributed by atoms with van der Waals surface area (Å²) in [7, 11) is 0. The molecule has 12 nitrogen and oxygen atoms in total. The molecule has 386 valence electrons. The molecule has 0 aliphatic heterocycles. The Labute approximate surface area is 420 Å². The van der Waals surface area contributed by atoms with E-state index in [-0.39, 0.29) is 0 Å². The van der Waals surface area contributed by atoms with E-state index >= 15 is 0 Å². The van der Waals surface area contributed by atoms with Crippen LogP contribution < -0.4 is 18.9 Å². The summed E-state index contributed by atoms with van der Waals surface area (Å²) < 4.78 is 67.2. The Morgan fingerprint density at radius 3 is 0.629 bits per heavy atom. The number of benzene rings is 3. The van der Waals surface area contributed by atoms with Crippen LogP contribution in [-0.2, 0) is 37.9 Å². The second kappa shape index (κ2) is 41.9. The fourth-order valence-corrected chi connectivity index (χ4v) is 7.15. The van der Waals surface area contributed by atoms with Crippen molar-refractivity contribution in [2.24, 2.45) is 0 Å². The maximum absolute atomic E-state index is 6.48. The van der Waals surface area contributed by atoms with Gasteiger partial charge in [-0.1, -0.05) is 77.0 Å². The topological polar surface area (TPSA) is 111 Å². The first kappa shape index (κ1) is 58.3. The minimum Gasteiger partial charge on any atom is -0.490 e. The molecule has 0 atom stereocenters. The van der Waals surface area contributed by atoms with Crippen molar-refractivity contribution < 1.29 is 56.8 Å². The minimum atomic E-state index is 0.555. The Balaban J connectivity index is 1.67. The molecule has 0 spiro atoms. The molecule has 0 unspecified atom stereocenters. The zero-order valence-corrected chi connectivity index (χ0v) is 43.0. The lowest BCUT2D eigenvalue weighted by molar-refractivity contribution is 0.244. The molecule has 0 N–H and O–H groups in total. The molecule has 3 rings (SSSR count). The van der Waals surface area contributed by atoms with Crippen LogP contribution in [0.5, 0.6) is 23.0 Å². The van der Waals surface area contributed by atoms with Crippen LogP contribution in [0.4, 0.5) is 0 Å². The van der Waals surface area contributed by atoms with Gasteiger partial charge in [-0.3, -0.25) is 0 Å². The predicted octanol–water partition coefficient (Wildman–Crippen LogP) is 13.2. The Morgan fingerprint density at radius 1 is 0.229 bits per heavy atom. The lowest BCUT2D eigenvalue weighted by Crippen LogP contribution is -2.04. The third kappa shape index (κ3) is 28.5. The minimum absolute atomic E-state index is 0.555. The molecule has 70 heavy (non-hydrogen) atoms. The highest BCUT2D eigenvalue weighted by Gasteiger charge is 2.14. The lowest BCUT2D eigenvalue weighted by atomic mass is 10.0. The molecule has 0 heterocycles. The molecule has 0 radical (unpaired) electrons. The molecule has 0 aliphatic carbocycles. The molecule has 0 aromatic heterocycles. The van der Waals surface area contributed by atoms with Gasteiger partial charge >= 0.3 is 0 Å². The highest BCUT2D eigenvalue weighted by Crippen LogP contribution is 2.39. The molecule has 0 bridgehead atoms. The molecule has 0 saturated heterocycles. The molecule has 3 aromatic carbocycles. The van der Waals surface area contributed by atoms with Crippen molar-refractivity contribution >= 4 is 21.5 Å². The second-order valence-electron chi connectivity index (χ2n) is 16.6. The fourth-order valence-electron chi connectivity index (χ4n) is 7.15. The van der Waals surface area contributed by atoms with E-state index in [2.05, 4.69) is 85.3 Å². The Bertz CT molecular complexity index is 1770. The zero-order chi connectivity index (χ0) is 49.6. The van der Waals surface area contributed by atoms with Crippen LogP contribution in [-0.4, -0.2) is 79.3 Å². The molecule has 0 saturated carbocycles. The van der Waals surface area contributed by atoms with Crippen LogP contribution in [0.15, 0.2) is 36.4 Å². The fraction of sp³-hybridized carbons (Fsp3) is 0.621. The average molecular weight is 971 g/mol. The quantitative estimate of drug-likeness (QED) is 0.0307. The van der Waals surface area contributed by atoms with Gasteiger partial charge < -0.3 is 56.8 Å². The van der Waals surface area contributed by atoms with Crippen molar-refractivity contribution in [1.82, 2.24) is 0 Å². The Morgan fingerprint density at radius 2 is 0.414 bits per heavy atom. The van der Waals surface area contributed by atoms with Gasteiger partial charge in [0.15, 0.2) is 71.9 Å². The van der Waals surface area contributed by atoms with Gasteiger partial charge in [0, 0.05) is 0 Å². The van der Waals surface area contributed by atoms with Crippen LogP contribution in [0.3, 0.4) is 0 Å². The van der Waals surface area contributed by atoms with Gasteiger partial charge in [0.25, 0.3) is 0 Å². The molecule has 0 amide bonds. The second-order valence-corrected chi connectivity index (χ2v) is 16.6. The van der Waals surface area contributed by atoms with Gasteiger partial charge in [-0.25, -0.2) is 0 Å². The van der Waals surface area contributed by atoms with E-state index in [1.165, 1.54) is 0 Å². The van der Waals surface area contributed by atoms with Crippen LogP contribution in [0, 0.1) is 48.9 Å². The summed E-state index contributed by atoms with van der Waals surface area (Å²) in [6.45, 7) is 14.7. The average Bonchev–Trinajstić information content (AvgIpc) is 3.37. The first-order chi connectivity index (χ1) is 34.7. The van der Waals surface area contributed by atoms with Crippen LogP contribution in [0.2, 0.25) is 0 Å². The number of hydrogen-bond acceptors (Lipinski definition) is 12. The Hall–Kier alpha value is -5.98. The summed E-state index contributed by atoms with van der Waals surface area (Å²) in [5, 5.41) is 4.31. The van der Waals surface area contributed by atoms with Crippen molar-refractivity contribution in [3.8, 4) is 71.9 Å². The maximum atomic E-state index is 6.48. The third-order valence-corrected chi connectivity index (χ3v) is 10.8.